The summed E-state index contributed by atoms with van der Waals surface area (Å²) in [6.45, 7) is 2.52. The smallest absolute Gasteiger partial charge is 0.243 e. The zero-order valence-corrected chi connectivity index (χ0v) is 10.2. The topological polar surface area (TPSA) is 60.7 Å². The largest absolute Gasteiger partial charge is 0.354 e. The number of nitrogens with zero attached hydrogens (tertiary/aromatic N) is 3. The molecule has 0 saturated carbocycles. The van der Waals surface area contributed by atoms with E-state index in [-0.39, 0.29) is 6.29 Å². The van der Waals surface area contributed by atoms with Crippen molar-refractivity contribution in [2.24, 2.45) is 0 Å². The molecular formula is C11H16N4O2. The normalized spacial score (nSPS) is 11.3. The molecule has 0 bridgehead atoms. The van der Waals surface area contributed by atoms with Gasteiger partial charge in [0, 0.05) is 20.4 Å². The van der Waals surface area contributed by atoms with Crippen molar-refractivity contribution in [3.05, 3.63) is 23.9 Å². The fourth-order valence-electron chi connectivity index (χ4n) is 1.50. The molecule has 0 aliphatic carbocycles. The van der Waals surface area contributed by atoms with Gasteiger partial charge in [-0.3, -0.25) is 0 Å². The van der Waals surface area contributed by atoms with Crippen LogP contribution >= 0.6 is 0 Å². The van der Waals surface area contributed by atoms with Crippen molar-refractivity contribution in [2.45, 2.75) is 13.2 Å². The summed E-state index contributed by atoms with van der Waals surface area (Å²) in [4.78, 5) is 4.32. The summed E-state index contributed by atoms with van der Waals surface area (Å²) in [5.74, 6) is 0.565. The SMILES string of the molecule is COC(CNc1nc2ccc(C)cn2n1)OC. The Morgan fingerprint density at radius 3 is 2.82 bits per heavy atom. The van der Waals surface area contributed by atoms with Crippen LogP contribution in [0.3, 0.4) is 0 Å². The Morgan fingerprint density at radius 2 is 2.12 bits per heavy atom. The van der Waals surface area contributed by atoms with Gasteiger partial charge in [0.1, 0.15) is 0 Å². The Morgan fingerprint density at radius 1 is 1.35 bits per heavy atom. The fraction of sp³-hybridized carbons (Fsp3) is 0.455. The van der Waals surface area contributed by atoms with Gasteiger partial charge in [0.15, 0.2) is 11.9 Å². The number of anilines is 1. The van der Waals surface area contributed by atoms with Crippen LogP contribution in [0.5, 0.6) is 0 Å². The van der Waals surface area contributed by atoms with E-state index in [1.807, 2.05) is 25.3 Å². The van der Waals surface area contributed by atoms with Gasteiger partial charge in [0.25, 0.3) is 0 Å². The molecule has 2 heterocycles. The number of rotatable bonds is 5. The molecule has 17 heavy (non-hydrogen) atoms. The van der Waals surface area contributed by atoms with E-state index >= 15 is 0 Å². The van der Waals surface area contributed by atoms with E-state index in [4.69, 9.17) is 9.47 Å². The quantitative estimate of drug-likeness (QED) is 0.787. The Hall–Kier alpha value is -1.66. The summed E-state index contributed by atoms with van der Waals surface area (Å²) in [5.41, 5.74) is 1.95. The van der Waals surface area contributed by atoms with E-state index in [0.717, 1.165) is 11.2 Å². The molecule has 2 rings (SSSR count). The van der Waals surface area contributed by atoms with Gasteiger partial charge in [0.05, 0.1) is 6.54 Å². The molecule has 2 aromatic heterocycles. The molecule has 0 amide bonds. The first-order valence-electron chi connectivity index (χ1n) is 5.35. The minimum atomic E-state index is -0.302. The van der Waals surface area contributed by atoms with Crippen molar-refractivity contribution >= 4 is 11.6 Å². The molecule has 92 valence electrons. The maximum Gasteiger partial charge on any atom is 0.243 e. The van der Waals surface area contributed by atoms with Crippen LogP contribution in [0.4, 0.5) is 5.95 Å². The second-order valence-electron chi connectivity index (χ2n) is 3.73. The van der Waals surface area contributed by atoms with E-state index in [1.165, 1.54) is 0 Å². The lowest BCUT2D eigenvalue weighted by Gasteiger charge is -2.12. The third kappa shape index (κ3) is 2.72. The Labute approximate surface area is 99.6 Å². The van der Waals surface area contributed by atoms with Crippen molar-refractivity contribution in [3.8, 4) is 0 Å². The van der Waals surface area contributed by atoms with Crippen LogP contribution in [-0.4, -0.2) is 41.7 Å². The number of hydrogen-bond donors (Lipinski definition) is 1. The van der Waals surface area contributed by atoms with Crippen molar-refractivity contribution in [1.82, 2.24) is 14.6 Å². The minimum absolute atomic E-state index is 0.302. The molecule has 0 fully saturated rings. The number of aryl methyl sites for hydroxylation is 1. The number of hydrogen-bond acceptors (Lipinski definition) is 5. The maximum absolute atomic E-state index is 5.07. The Balaban J connectivity index is 2.09. The predicted octanol–water partition coefficient (Wildman–Crippen LogP) is 1.07. The van der Waals surface area contributed by atoms with Crippen molar-refractivity contribution < 1.29 is 9.47 Å². The highest BCUT2D eigenvalue weighted by Gasteiger charge is 2.07. The molecule has 0 aliphatic rings. The summed E-state index contributed by atoms with van der Waals surface area (Å²) in [6, 6.07) is 3.93. The summed E-state index contributed by atoms with van der Waals surface area (Å²) in [6.07, 6.45) is 1.63. The fourth-order valence-corrected chi connectivity index (χ4v) is 1.50. The molecule has 6 heteroatoms. The number of nitrogens with one attached hydrogen (secondary N) is 1. The highest BCUT2D eigenvalue weighted by atomic mass is 16.7. The molecule has 0 spiro atoms. The molecule has 0 unspecified atom stereocenters. The van der Waals surface area contributed by atoms with Gasteiger partial charge in [-0.15, -0.1) is 5.10 Å². The highest BCUT2D eigenvalue weighted by molar-refractivity contribution is 5.44. The first-order valence-corrected chi connectivity index (χ1v) is 5.35. The molecule has 1 N–H and O–H groups in total. The molecule has 0 aliphatic heterocycles. The Kier molecular flexibility index (Phi) is 3.55. The highest BCUT2D eigenvalue weighted by Crippen LogP contribution is 2.07. The van der Waals surface area contributed by atoms with Crippen LogP contribution in [0.25, 0.3) is 5.65 Å². The molecule has 2 aromatic rings. The zero-order chi connectivity index (χ0) is 12.3. The number of aromatic nitrogens is 3. The number of ether oxygens (including phenoxy) is 2. The van der Waals surface area contributed by atoms with Gasteiger partial charge in [-0.05, 0) is 18.6 Å². The van der Waals surface area contributed by atoms with Gasteiger partial charge in [-0.2, -0.15) is 4.98 Å². The van der Waals surface area contributed by atoms with E-state index in [2.05, 4.69) is 15.4 Å². The van der Waals surface area contributed by atoms with Crippen molar-refractivity contribution in [3.63, 3.8) is 0 Å². The second kappa shape index (κ2) is 5.11. The monoisotopic (exact) mass is 236 g/mol. The van der Waals surface area contributed by atoms with E-state index in [9.17, 15) is 0 Å². The summed E-state index contributed by atoms with van der Waals surface area (Å²) in [5, 5.41) is 7.36. The van der Waals surface area contributed by atoms with Crippen LogP contribution in [-0.2, 0) is 9.47 Å². The molecule has 0 atom stereocenters. The zero-order valence-electron chi connectivity index (χ0n) is 10.2. The molecule has 6 nitrogen and oxygen atoms in total. The molecule has 0 radical (unpaired) electrons. The third-order valence-corrected chi connectivity index (χ3v) is 2.43. The number of pyridine rings is 1. The lowest BCUT2D eigenvalue weighted by molar-refractivity contribution is -0.0914. The standard InChI is InChI=1S/C11H16N4O2/c1-8-4-5-9-13-11(14-15(9)7-8)12-6-10(16-2)17-3/h4-5,7,10H,6H2,1-3H3,(H,12,14). The van der Waals surface area contributed by atoms with E-state index in [0.29, 0.717) is 12.5 Å². The Bertz CT molecular complexity index is 493. The van der Waals surface area contributed by atoms with Crippen LogP contribution in [0.15, 0.2) is 18.3 Å². The average Bonchev–Trinajstić information content (AvgIpc) is 2.72. The lowest BCUT2D eigenvalue weighted by atomic mass is 10.3. The predicted molar refractivity (Wildman–Crippen MR) is 64.0 cm³/mol. The van der Waals surface area contributed by atoms with Gasteiger partial charge in [-0.1, -0.05) is 6.07 Å². The van der Waals surface area contributed by atoms with E-state index in [1.54, 1.807) is 18.7 Å². The van der Waals surface area contributed by atoms with Crippen LogP contribution in [0.2, 0.25) is 0 Å². The molecular weight excluding hydrogens is 220 g/mol. The third-order valence-electron chi connectivity index (χ3n) is 2.43. The average molecular weight is 236 g/mol. The number of fused-ring (bicyclic) bond motifs is 1. The van der Waals surface area contributed by atoms with Crippen molar-refractivity contribution in [1.29, 1.82) is 0 Å². The van der Waals surface area contributed by atoms with Crippen LogP contribution < -0.4 is 5.32 Å². The number of methoxy groups -OCH3 is 2. The first kappa shape index (κ1) is 11.8. The lowest BCUT2D eigenvalue weighted by Crippen LogP contribution is -2.24. The maximum atomic E-state index is 5.07. The molecule has 0 saturated heterocycles. The van der Waals surface area contributed by atoms with Crippen LogP contribution in [0.1, 0.15) is 5.56 Å². The van der Waals surface area contributed by atoms with Gasteiger partial charge in [0.2, 0.25) is 5.95 Å². The summed E-state index contributed by atoms with van der Waals surface area (Å²) >= 11 is 0. The van der Waals surface area contributed by atoms with Gasteiger partial charge >= 0.3 is 0 Å². The van der Waals surface area contributed by atoms with Crippen molar-refractivity contribution in [2.75, 3.05) is 26.1 Å². The summed E-state index contributed by atoms with van der Waals surface area (Å²) in [7, 11) is 3.19. The molecule has 0 aromatic carbocycles. The van der Waals surface area contributed by atoms with Crippen LogP contribution in [0, 0.1) is 6.92 Å². The minimum Gasteiger partial charge on any atom is -0.354 e. The second-order valence-corrected chi connectivity index (χ2v) is 3.73. The van der Waals surface area contributed by atoms with Gasteiger partial charge < -0.3 is 14.8 Å². The summed E-state index contributed by atoms with van der Waals surface area (Å²) < 4.78 is 11.9. The first-order chi connectivity index (χ1) is 8.22. The van der Waals surface area contributed by atoms with E-state index < -0.39 is 0 Å². The van der Waals surface area contributed by atoms with Gasteiger partial charge in [-0.25, -0.2) is 4.52 Å².